The number of nitrogens with two attached hydrogens (primary N) is 1. The highest BCUT2D eigenvalue weighted by Gasteiger charge is 2.47. The maximum Gasteiger partial charge on any atom is 0.416 e. The van der Waals surface area contributed by atoms with Crippen LogP contribution >= 0.6 is 0 Å². The first-order chi connectivity index (χ1) is 17.2. The lowest BCUT2D eigenvalue weighted by Gasteiger charge is -2.32. The minimum Gasteiger partial charge on any atom is -0.388 e. The van der Waals surface area contributed by atoms with Crippen LogP contribution in [0.1, 0.15) is 25.1 Å². The van der Waals surface area contributed by atoms with Gasteiger partial charge in [-0.15, -0.1) is 25.7 Å². The van der Waals surface area contributed by atoms with Crippen molar-refractivity contribution < 1.29 is 36.2 Å². The molecule has 0 aliphatic carbocycles. The summed E-state index contributed by atoms with van der Waals surface area (Å²) < 4.78 is 71.8. The number of aromatic nitrogens is 3. The van der Waals surface area contributed by atoms with Crippen LogP contribution in [0.2, 0.25) is 0 Å². The van der Waals surface area contributed by atoms with Crippen molar-refractivity contribution >= 4 is 11.7 Å². The van der Waals surface area contributed by atoms with E-state index < -0.39 is 36.8 Å². The first kappa shape index (κ1) is 35.7. The molecular weight excluding hydrogens is 503 g/mol. The summed E-state index contributed by atoms with van der Waals surface area (Å²) in [5.74, 6) is -2.93. The number of amides is 2. The second kappa shape index (κ2) is 16.3. The fraction of sp³-hybridized carbons (Fsp3) is 0.522. The Labute approximate surface area is 213 Å². The quantitative estimate of drug-likeness (QED) is 0.460. The standard InChI is InChI=1S/C12H14F2N6O.C5H9F3O.C2H6O.2C2H2/c13-12(14)6-16-11(21)19(7-12)4-8-1-10-18-9(2-15)5-20(10)17-3-8;1-4(2,9-3)5(6,7)8;1-3-2;2*1-2/h1,3,5H,2,4,6-7,15H2,(H,16,21);1-3H3;1-2H3;2*1-2H. The van der Waals surface area contributed by atoms with E-state index in [4.69, 9.17) is 5.73 Å². The largest absolute Gasteiger partial charge is 0.416 e. The van der Waals surface area contributed by atoms with Gasteiger partial charge in [-0.25, -0.2) is 23.1 Å². The van der Waals surface area contributed by atoms with Crippen LogP contribution in [0.4, 0.5) is 26.7 Å². The van der Waals surface area contributed by atoms with Gasteiger partial charge in [-0.05, 0) is 25.5 Å². The summed E-state index contributed by atoms with van der Waals surface area (Å²) in [6.07, 6.45) is 14.9. The van der Waals surface area contributed by atoms with E-state index in [2.05, 4.69) is 50.6 Å². The van der Waals surface area contributed by atoms with Crippen molar-refractivity contribution in [1.29, 1.82) is 0 Å². The summed E-state index contributed by atoms with van der Waals surface area (Å²) in [5, 5.41) is 6.30. The van der Waals surface area contributed by atoms with Crippen LogP contribution in [0.25, 0.3) is 5.65 Å². The number of ether oxygens (including phenoxy) is 2. The molecule has 0 radical (unpaired) electrons. The van der Waals surface area contributed by atoms with Gasteiger partial charge < -0.3 is 25.4 Å². The minimum absolute atomic E-state index is 0.0513. The molecule has 2 aromatic heterocycles. The van der Waals surface area contributed by atoms with E-state index in [-0.39, 0.29) is 6.54 Å². The Morgan fingerprint density at radius 3 is 2.14 bits per heavy atom. The van der Waals surface area contributed by atoms with E-state index in [9.17, 15) is 26.7 Å². The van der Waals surface area contributed by atoms with Gasteiger partial charge in [0.15, 0.2) is 11.2 Å². The highest BCUT2D eigenvalue weighted by molar-refractivity contribution is 5.75. The van der Waals surface area contributed by atoms with E-state index in [0.717, 1.165) is 25.9 Å². The van der Waals surface area contributed by atoms with Gasteiger partial charge in [0.1, 0.15) is 0 Å². The number of alkyl halides is 5. The molecule has 3 N–H and O–H groups in total. The molecule has 0 unspecified atom stereocenters. The highest BCUT2D eigenvalue weighted by Crippen LogP contribution is 2.31. The predicted molar refractivity (Wildman–Crippen MR) is 129 cm³/mol. The van der Waals surface area contributed by atoms with Gasteiger partial charge in [0.05, 0.1) is 31.2 Å². The van der Waals surface area contributed by atoms with Gasteiger partial charge >= 0.3 is 12.2 Å². The van der Waals surface area contributed by atoms with E-state index in [1.165, 1.54) is 6.20 Å². The lowest BCUT2D eigenvalue weighted by molar-refractivity contribution is -0.255. The van der Waals surface area contributed by atoms with Crippen molar-refractivity contribution in [1.82, 2.24) is 24.8 Å². The molecule has 1 fully saturated rings. The summed E-state index contributed by atoms with van der Waals surface area (Å²) in [6.45, 7) is 1.07. The fourth-order valence-electron chi connectivity index (χ4n) is 2.34. The van der Waals surface area contributed by atoms with Gasteiger partial charge in [-0.3, -0.25) is 0 Å². The minimum atomic E-state index is -4.28. The number of carbonyl (C=O) groups is 1. The maximum absolute atomic E-state index is 13.3. The molecule has 3 rings (SSSR count). The number of methoxy groups -OCH3 is 2. The predicted octanol–water partition coefficient (Wildman–Crippen LogP) is 3.08. The number of carbonyl (C=O) groups excluding carboxylic acids is 1. The Morgan fingerprint density at radius 2 is 1.70 bits per heavy atom. The smallest absolute Gasteiger partial charge is 0.388 e. The number of nitrogens with zero attached hydrogens (tertiary/aromatic N) is 4. The lowest BCUT2D eigenvalue weighted by Crippen LogP contribution is -2.56. The molecule has 9 nitrogen and oxygen atoms in total. The number of hydrogen-bond donors (Lipinski definition) is 2. The van der Waals surface area contributed by atoms with Crippen molar-refractivity contribution in [2.75, 3.05) is 34.4 Å². The number of imidazole rings is 1. The molecule has 208 valence electrons. The van der Waals surface area contributed by atoms with Crippen LogP contribution in [0.3, 0.4) is 0 Å². The second-order valence-corrected chi connectivity index (χ2v) is 7.59. The van der Waals surface area contributed by atoms with Crippen molar-refractivity contribution in [3.8, 4) is 25.7 Å². The zero-order chi connectivity index (χ0) is 29.4. The molecular formula is C23H33F5N6O3. The summed E-state index contributed by atoms with van der Waals surface area (Å²) in [6, 6.07) is 1.19. The molecule has 0 aromatic carbocycles. The molecule has 0 spiro atoms. The van der Waals surface area contributed by atoms with E-state index in [1.54, 1.807) is 31.0 Å². The van der Waals surface area contributed by atoms with Gasteiger partial charge in [0.25, 0.3) is 5.92 Å². The van der Waals surface area contributed by atoms with Crippen LogP contribution in [0.5, 0.6) is 0 Å². The molecule has 2 aromatic rings. The van der Waals surface area contributed by atoms with E-state index >= 15 is 0 Å². The number of rotatable bonds is 4. The third kappa shape index (κ3) is 11.9. The van der Waals surface area contributed by atoms with Crippen molar-refractivity contribution in [3.05, 3.63) is 29.7 Å². The highest BCUT2D eigenvalue weighted by atomic mass is 19.4. The molecule has 1 aliphatic heterocycles. The third-order valence-electron chi connectivity index (χ3n) is 4.41. The summed E-state index contributed by atoms with van der Waals surface area (Å²) in [4.78, 5) is 16.9. The van der Waals surface area contributed by atoms with Crippen LogP contribution in [0.15, 0.2) is 18.5 Å². The molecule has 37 heavy (non-hydrogen) atoms. The second-order valence-electron chi connectivity index (χ2n) is 7.59. The number of nitrogens with one attached hydrogen (secondary N) is 1. The van der Waals surface area contributed by atoms with Crippen molar-refractivity contribution in [3.63, 3.8) is 0 Å². The normalized spacial score (nSPS) is 14.2. The molecule has 3 heterocycles. The summed E-state index contributed by atoms with van der Waals surface area (Å²) >= 11 is 0. The first-order valence-electron chi connectivity index (χ1n) is 10.3. The number of urea groups is 1. The first-order valence-corrected chi connectivity index (χ1v) is 10.3. The Kier molecular flexibility index (Phi) is 15.7. The van der Waals surface area contributed by atoms with Crippen LogP contribution in [0, 0.1) is 25.7 Å². The number of halogens is 5. The Bertz CT molecular complexity index is 983. The maximum atomic E-state index is 13.3. The average Bonchev–Trinajstić information content (AvgIpc) is 3.27. The molecule has 14 heteroatoms. The zero-order valence-corrected chi connectivity index (χ0v) is 21.4. The number of terminal acetylenes is 2. The van der Waals surface area contributed by atoms with E-state index in [0.29, 0.717) is 23.4 Å². The molecule has 2 amide bonds. The Balaban J connectivity index is 0. The molecule has 0 bridgehead atoms. The van der Waals surface area contributed by atoms with Gasteiger partial charge in [-0.1, -0.05) is 0 Å². The number of fused-ring (bicyclic) bond motifs is 1. The van der Waals surface area contributed by atoms with Crippen molar-refractivity contribution in [2.45, 2.75) is 44.6 Å². The molecule has 1 aliphatic rings. The molecule has 0 atom stereocenters. The van der Waals surface area contributed by atoms with Crippen LogP contribution < -0.4 is 11.1 Å². The topological polar surface area (TPSA) is 107 Å². The van der Waals surface area contributed by atoms with E-state index in [1.807, 2.05) is 0 Å². The summed E-state index contributed by atoms with van der Waals surface area (Å²) in [5.41, 5.74) is 5.36. The van der Waals surface area contributed by atoms with Gasteiger partial charge in [-0.2, -0.15) is 18.3 Å². The lowest BCUT2D eigenvalue weighted by atomic mass is 10.1. The number of hydrogen-bond acceptors (Lipinski definition) is 6. The molecule has 0 saturated carbocycles. The van der Waals surface area contributed by atoms with Gasteiger partial charge in [0, 0.05) is 34.4 Å². The van der Waals surface area contributed by atoms with Crippen molar-refractivity contribution in [2.24, 2.45) is 5.73 Å². The third-order valence-corrected chi connectivity index (χ3v) is 4.41. The summed E-state index contributed by atoms with van der Waals surface area (Å²) in [7, 11) is 4.29. The average molecular weight is 537 g/mol. The van der Waals surface area contributed by atoms with Gasteiger partial charge in [0.2, 0.25) is 0 Å². The monoisotopic (exact) mass is 536 g/mol. The zero-order valence-electron chi connectivity index (χ0n) is 21.4. The molecule has 1 saturated heterocycles. The van der Waals surface area contributed by atoms with Crippen LogP contribution in [-0.4, -0.2) is 77.6 Å². The Morgan fingerprint density at radius 1 is 1.16 bits per heavy atom. The Hall–Kier alpha value is -3.46. The van der Waals surface area contributed by atoms with Crippen LogP contribution in [-0.2, 0) is 22.6 Å². The SMILES string of the molecule is C#C.C#C.COC.COC(C)(C)C(F)(F)F.NCc1cn2ncc(CN3CC(F)(F)CNC3=O)cc2n1. The fourth-order valence-corrected chi connectivity index (χ4v) is 2.34.